The van der Waals surface area contributed by atoms with Crippen molar-refractivity contribution in [1.82, 2.24) is 0 Å². The molecule has 0 radical (unpaired) electrons. The lowest BCUT2D eigenvalue weighted by Gasteiger charge is -2.23. The lowest BCUT2D eigenvalue weighted by Crippen LogP contribution is -1.97. The van der Waals surface area contributed by atoms with E-state index in [-0.39, 0.29) is 0 Å². The molecular formula is C60H38. The molecule has 0 aromatic heterocycles. The number of benzene rings is 11. The predicted molar refractivity (Wildman–Crippen MR) is 256 cm³/mol. The van der Waals surface area contributed by atoms with Crippen molar-refractivity contribution < 1.29 is 0 Å². The lowest BCUT2D eigenvalue weighted by atomic mass is 9.80. The van der Waals surface area contributed by atoms with Crippen molar-refractivity contribution in [1.29, 1.82) is 0 Å². The van der Waals surface area contributed by atoms with Gasteiger partial charge in [0.15, 0.2) is 0 Å². The summed E-state index contributed by atoms with van der Waals surface area (Å²) < 4.78 is 0. The van der Waals surface area contributed by atoms with Crippen molar-refractivity contribution in [3.05, 3.63) is 231 Å². The summed E-state index contributed by atoms with van der Waals surface area (Å²) in [5, 5.41) is 7.54. The van der Waals surface area contributed by atoms with Crippen LogP contribution in [0.3, 0.4) is 0 Å². The van der Waals surface area contributed by atoms with Crippen molar-refractivity contribution >= 4 is 32.3 Å². The third-order valence-electron chi connectivity index (χ3n) is 12.6. The molecule has 0 atom stereocenters. The fourth-order valence-corrected chi connectivity index (χ4v) is 9.84. The summed E-state index contributed by atoms with van der Waals surface area (Å²) in [7, 11) is 0. The number of hydrogen-bond donors (Lipinski definition) is 0. The van der Waals surface area contributed by atoms with Crippen molar-refractivity contribution in [3.63, 3.8) is 0 Å². The highest BCUT2D eigenvalue weighted by atomic mass is 14.3. The third kappa shape index (κ3) is 5.53. The molecular weight excluding hydrogens is 721 g/mol. The molecule has 0 spiro atoms. The Hall–Kier alpha value is -7.80. The van der Waals surface area contributed by atoms with Gasteiger partial charge in [-0.05, 0) is 140 Å². The van der Waals surface area contributed by atoms with Gasteiger partial charge in [0.1, 0.15) is 0 Å². The van der Waals surface area contributed by atoms with Crippen LogP contribution in [0.2, 0.25) is 0 Å². The molecule has 1 aliphatic carbocycles. The molecule has 0 saturated heterocycles. The minimum atomic E-state index is 1.20. The van der Waals surface area contributed by atoms with Gasteiger partial charge < -0.3 is 0 Å². The van der Waals surface area contributed by atoms with Gasteiger partial charge in [0, 0.05) is 0 Å². The molecule has 278 valence electrons. The van der Waals surface area contributed by atoms with E-state index >= 15 is 0 Å². The Kier molecular flexibility index (Phi) is 7.96. The van der Waals surface area contributed by atoms with Crippen LogP contribution in [0.4, 0.5) is 0 Å². The predicted octanol–water partition coefficient (Wildman–Crippen LogP) is 16.8. The number of fused-ring (bicyclic) bond motifs is 11. The standard InChI is InChI=1S/C60H38/c1-2-15-42-36-44(33-30-39(42)14-1)40-28-31-41(32-29-40)59-54-24-9-11-26-56(54)60(57-27-12-10-25-55(57)59)46-17-13-16-43(37-46)45-34-35-53-51-22-6-5-20-49(51)47-18-3-4-19-48(47)50-21-7-8-23-52(50)58(53)38-45/h1-38H. The molecule has 0 N–H and O–H groups in total. The van der Waals surface area contributed by atoms with E-state index in [0.717, 1.165) is 0 Å². The van der Waals surface area contributed by atoms with Crippen LogP contribution in [0.25, 0.3) is 121 Å². The Morgan fingerprint density at radius 2 is 0.533 bits per heavy atom. The summed E-state index contributed by atoms with van der Waals surface area (Å²) in [6.45, 7) is 0. The molecule has 60 heavy (non-hydrogen) atoms. The molecule has 11 aromatic rings. The van der Waals surface area contributed by atoms with Gasteiger partial charge in [0.25, 0.3) is 0 Å². The van der Waals surface area contributed by atoms with E-state index in [4.69, 9.17) is 0 Å². The average Bonchev–Trinajstić information content (AvgIpc) is 3.32. The topological polar surface area (TPSA) is 0 Å². The van der Waals surface area contributed by atoms with Crippen molar-refractivity contribution in [2.24, 2.45) is 0 Å². The molecule has 0 heterocycles. The van der Waals surface area contributed by atoms with Crippen molar-refractivity contribution in [2.45, 2.75) is 0 Å². The Morgan fingerprint density at radius 1 is 0.167 bits per heavy atom. The first-order valence-corrected chi connectivity index (χ1v) is 20.8. The van der Waals surface area contributed by atoms with E-state index in [1.165, 1.54) is 121 Å². The Balaban J connectivity index is 1.00. The summed E-state index contributed by atoms with van der Waals surface area (Å²) in [5.74, 6) is 0. The second kappa shape index (κ2) is 13.9. The zero-order valence-electron chi connectivity index (χ0n) is 32.9. The maximum absolute atomic E-state index is 2.42. The molecule has 11 aromatic carbocycles. The Bertz CT molecular complexity index is 3410. The maximum Gasteiger partial charge on any atom is -0.00262 e. The van der Waals surface area contributed by atoms with Crippen LogP contribution in [0.5, 0.6) is 0 Å². The first-order chi connectivity index (χ1) is 29.8. The Morgan fingerprint density at radius 3 is 1.10 bits per heavy atom. The zero-order chi connectivity index (χ0) is 39.6. The molecule has 0 saturated carbocycles. The second-order valence-corrected chi connectivity index (χ2v) is 16.0. The van der Waals surface area contributed by atoms with Crippen LogP contribution in [0, 0.1) is 0 Å². The zero-order valence-corrected chi connectivity index (χ0v) is 32.9. The largest absolute Gasteiger partial charge is 0.0616 e. The summed E-state index contributed by atoms with van der Waals surface area (Å²) >= 11 is 0. The van der Waals surface area contributed by atoms with E-state index in [1.807, 2.05) is 0 Å². The molecule has 12 rings (SSSR count). The summed E-state index contributed by atoms with van der Waals surface area (Å²) in [4.78, 5) is 0. The van der Waals surface area contributed by atoms with Gasteiger partial charge in [-0.1, -0.05) is 212 Å². The van der Waals surface area contributed by atoms with E-state index in [0.29, 0.717) is 0 Å². The van der Waals surface area contributed by atoms with E-state index in [1.54, 1.807) is 0 Å². The molecule has 0 unspecified atom stereocenters. The summed E-state index contributed by atoms with van der Waals surface area (Å²) in [5.41, 5.74) is 19.9. The third-order valence-corrected chi connectivity index (χ3v) is 12.6. The van der Waals surface area contributed by atoms with Gasteiger partial charge in [-0.25, -0.2) is 0 Å². The van der Waals surface area contributed by atoms with E-state index < -0.39 is 0 Å². The first kappa shape index (κ1) is 34.3. The fourth-order valence-electron chi connectivity index (χ4n) is 9.84. The monoisotopic (exact) mass is 758 g/mol. The number of rotatable bonds is 4. The molecule has 0 amide bonds. The average molecular weight is 759 g/mol. The molecule has 0 bridgehead atoms. The van der Waals surface area contributed by atoms with Crippen molar-refractivity contribution in [3.8, 4) is 89.0 Å². The van der Waals surface area contributed by atoms with Gasteiger partial charge in [0.2, 0.25) is 0 Å². The van der Waals surface area contributed by atoms with Gasteiger partial charge in [0.05, 0.1) is 0 Å². The lowest BCUT2D eigenvalue weighted by molar-refractivity contribution is 1.51. The molecule has 0 aliphatic heterocycles. The second-order valence-electron chi connectivity index (χ2n) is 16.0. The Labute approximate surface area is 350 Å². The number of hydrogen-bond acceptors (Lipinski definition) is 0. The van der Waals surface area contributed by atoms with Crippen LogP contribution in [-0.4, -0.2) is 0 Å². The normalized spacial score (nSPS) is 11.7. The molecule has 0 heteroatoms. The van der Waals surface area contributed by atoms with Gasteiger partial charge in [-0.3, -0.25) is 0 Å². The molecule has 1 aliphatic rings. The van der Waals surface area contributed by atoms with Crippen LogP contribution in [0.1, 0.15) is 0 Å². The quantitative estimate of drug-likeness (QED) is 0.157. The smallest absolute Gasteiger partial charge is 0.00262 e. The SMILES string of the molecule is c1cc(-c2ccc3c(c2)-c2ccccc2-c2ccccc2-c2ccccc2-3)cc(-c2c3ccccc3c(-c3ccc(-c4ccc5ccccc5c4)cc3)c3ccccc23)c1. The highest BCUT2D eigenvalue weighted by Gasteiger charge is 2.22. The minimum Gasteiger partial charge on any atom is -0.0616 e. The fraction of sp³-hybridized carbons (Fsp3) is 0. The minimum absolute atomic E-state index is 1.20. The maximum atomic E-state index is 2.42. The summed E-state index contributed by atoms with van der Waals surface area (Å²) in [6, 6.07) is 85.2. The van der Waals surface area contributed by atoms with Gasteiger partial charge in [-0.15, -0.1) is 0 Å². The first-order valence-electron chi connectivity index (χ1n) is 20.8. The molecule has 0 fully saturated rings. The highest BCUT2D eigenvalue weighted by Crippen LogP contribution is 2.49. The van der Waals surface area contributed by atoms with Crippen molar-refractivity contribution in [2.75, 3.05) is 0 Å². The summed E-state index contributed by atoms with van der Waals surface area (Å²) in [6.07, 6.45) is 0. The van der Waals surface area contributed by atoms with Crippen LogP contribution in [-0.2, 0) is 0 Å². The highest BCUT2D eigenvalue weighted by molar-refractivity contribution is 6.21. The van der Waals surface area contributed by atoms with E-state index in [9.17, 15) is 0 Å². The van der Waals surface area contributed by atoms with E-state index in [2.05, 4.69) is 231 Å². The molecule has 0 nitrogen and oxygen atoms in total. The van der Waals surface area contributed by atoms with Gasteiger partial charge >= 0.3 is 0 Å². The van der Waals surface area contributed by atoms with Gasteiger partial charge in [-0.2, -0.15) is 0 Å². The van der Waals surface area contributed by atoms with Crippen LogP contribution < -0.4 is 0 Å². The van der Waals surface area contributed by atoms with Crippen LogP contribution >= 0.6 is 0 Å². The van der Waals surface area contributed by atoms with Crippen LogP contribution in [0.15, 0.2) is 231 Å².